The molecule has 0 fully saturated rings. The number of benzene rings is 10. The molecule has 1 aromatic heterocycles. The second-order valence-electron chi connectivity index (χ2n) is 17.1. The molecule has 13 rings (SSSR count). The van der Waals surface area contributed by atoms with Crippen molar-refractivity contribution in [3.63, 3.8) is 0 Å². The van der Waals surface area contributed by atoms with Gasteiger partial charge in [0.1, 0.15) is 11.2 Å². The molecule has 0 saturated heterocycles. The molecule has 300 valence electrons. The van der Waals surface area contributed by atoms with Crippen LogP contribution in [0, 0.1) is 0 Å². The zero-order chi connectivity index (χ0) is 42.2. The maximum Gasteiger partial charge on any atom is 0.137 e. The molecule has 0 atom stereocenters. The molecule has 1 heterocycles. The van der Waals surface area contributed by atoms with E-state index in [9.17, 15) is 0 Å². The predicted molar refractivity (Wildman–Crippen MR) is 263 cm³/mol. The summed E-state index contributed by atoms with van der Waals surface area (Å²) in [6, 6.07) is 91.5. The monoisotopic (exact) mass is 815 g/mol. The highest BCUT2D eigenvalue weighted by molar-refractivity contribution is 6.13. The van der Waals surface area contributed by atoms with E-state index >= 15 is 0 Å². The van der Waals surface area contributed by atoms with Crippen LogP contribution < -0.4 is 4.90 Å². The fourth-order valence-electron chi connectivity index (χ4n) is 11.5. The molecule has 2 aliphatic carbocycles. The van der Waals surface area contributed by atoms with Gasteiger partial charge in [0.15, 0.2) is 0 Å². The summed E-state index contributed by atoms with van der Waals surface area (Å²) in [6.45, 7) is 0. The van der Waals surface area contributed by atoms with Gasteiger partial charge in [-0.2, -0.15) is 0 Å². The van der Waals surface area contributed by atoms with Gasteiger partial charge < -0.3 is 9.32 Å². The van der Waals surface area contributed by atoms with Crippen molar-refractivity contribution >= 4 is 39.0 Å². The summed E-state index contributed by atoms with van der Waals surface area (Å²) >= 11 is 0. The van der Waals surface area contributed by atoms with Crippen LogP contribution in [0.4, 0.5) is 17.1 Å². The van der Waals surface area contributed by atoms with Crippen molar-refractivity contribution in [3.05, 3.63) is 293 Å². The molecule has 2 nitrogen and oxygen atoms in total. The normalized spacial score (nSPS) is 13.9. The van der Waals surface area contributed by atoms with Crippen LogP contribution in [0.2, 0.25) is 0 Å². The topological polar surface area (TPSA) is 16.4 Å². The van der Waals surface area contributed by atoms with E-state index < -0.39 is 10.8 Å². The zero-order valence-corrected chi connectivity index (χ0v) is 35.0. The third-order valence-electron chi connectivity index (χ3n) is 14.0. The van der Waals surface area contributed by atoms with E-state index in [0.717, 1.165) is 39.0 Å². The van der Waals surface area contributed by atoms with Crippen LogP contribution >= 0.6 is 0 Å². The van der Waals surface area contributed by atoms with Gasteiger partial charge in [-0.05, 0) is 109 Å². The number of hydrogen-bond acceptors (Lipinski definition) is 2. The summed E-state index contributed by atoms with van der Waals surface area (Å²) in [5, 5.41) is 2.17. The van der Waals surface area contributed by atoms with Crippen LogP contribution in [-0.2, 0) is 10.8 Å². The minimum atomic E-state index is -0.555. The first kappa shape index (κ1) is 36.5. The molecule has 0 bridgehead atoms. The number of furan rings is 1. The Morgan fingerprint density at radius 2 is 0.672 bits per heavy atom. The van der Waals surface area contributed by atoms with E-state index in [4.69, 9.17) is 4.42 Å². The van der Waals surface area contributed by atoms with E-state index in [-0.39, 0.29) is 0 Å². The van der Waals surface area contributed by atoms with Gasteiger partial charge in [0.2, 0.25) is 0 Å². The smallest absolute Gasteiger partial charge is 0.137 e. The van der Waals surface area contributed by atoms with Gasteiger partial charge in [0.25, 0.3) is 0 Å². The Balaban J connectivity index is 1.11. The lowest BCUT2D eigenvalue weighted by molar-refractivity contribution is 0.669. The summed E-state index contributed by atoms with van der Waals surface area (Å²) < 4.78 is 6.60. The van der Waals surface area contributed by atoms with E-state index in [2.05, 4.69) is 254 Å². The highest BCUT2D eigenvalue weighted by atomic mass is 16.3. The number of para-hydroxylation sites is 1. The van der Waals surface area contributed by atoms with Gasteiger partial charge in [0, 0.05) is 16.8 Å². The molecule has 0 aliphatic heterocycles. The Kier molecular flexibility index (Phi) is 8.07. The summed E-state index contributed by atoms with van der Waals surface area (Å²) in [7, 11) is 0. The Morgan fingerprint density at radius 3 is 1.16 bits per heavy atom. The summed E-state index contributed by atoms with van der Waals surface area (Å²) in [5.74, 6) is 0. The van der Waals surface area contributed by atoms with Crippen molar-refractivity contribution in [1.29, 1.82) is 0 Å². The van der Waals surface area contributed by atoms with Crippen LogP contribution in [-0.4, -0.2) is 0 Å². The molecule has 0 saturated carbocycles. The molecule has 0 unspecified atom stereocenters. The SMILES string of the molecule is c1ccc(C2(c3cccc(N(c4cccc(C5(c6ccccc6)c6ccccc6-c6ccccc65)c4)c4cccc5oc6ccccc6c45)c3)c3ccccc3-c3ccccc32)cc1. The first-order chi connectivity index (χ1) is 31.8. The molecule has 2 heteroatoms. The van der Waals surface area contributed by atoms with E-state index in [0.29, 0.717) is 0 Å². The predicted octanol–water partition coefficient (Wildman–Crippen LogP) is 15.8. The fourth-order valence-corrected chi connectivity index (χ4v) is 11.5. The maximum atomic E-state index is 6.60. The Labute approximate surface area is 373 Å². The number of fused-ring (bicyclic) bond motifs is 9. The Hall–Kier alpha value is -8.20. The standard InChI is InChI=1S/C62H41NO/c1-3-20-42(21-4-1)61(53-33-12-7-28-48(53)49-29-8-13-34-54(49)61)44-24-17-26-46(40-44)63(57-37-19-39-59-60(57)52-32-11-16-38-58(52)64-59)47-27-18-25-45(41-47)62(43-22-5-2-6-23-43)55-35-14-9-30-50(55)51-31-10-15-36-56(51)62/h1-41H. The second-order valence-corrected chi connectivity index (χ2v) is 17.1. The van der Waals surface area contributed by atoms with Crippen molar-refractivity contribution in [2.75, 3.05) is 4.90 Å². The van der Waals surface area contributed by atoms with Crippen molar-refractivity contribution in [3.8, 4) is 22.3 Å². The van der Waals surface area contributed by atoms with E-state index in [1.807, 2.05) is 0 Å². The minimum Gasteiger partial charge on any atom is -0.456 e. The fraction of sp³-hybridized carbons (Fsp3) is 0.0323. The Bertz CT molecular complexity index is 3310. The molecular weight excluding hydrogens is 775 g/mol. The van der Waals surface area contributed by atoms with Gasteiger partial charge in [-0.15, -0.1) is 0 Å². The zero-order valence-electron chi connectivity index (χ0n) is 35.0. The number of hydrogen-bond donors (Lipinski definition) is 0. The molecule has 10 aromatic carbocycles. The summed E-state index contributed by atoms with van der Waals surface area (Å²) in [5.41, 5.74) is 18.9. The highest BCUT2D eigenvalue weighted by Crippen LogP contribution is 2.59. The van der Waals surface area contributed by atoms with Crippen LogP contribution in [0.15, 0.2) is 253 Å². The van der Waals surface area contributed by atoms with Gasteiger partial charge >= 0.3 is 0 Å². The lowest BCUT2D eigenvalue weighted by atomic mass is 9.67. The number of nitrogens with zero attached hydrogens (tertiary/aromatic N) is 1. The van der Waals surface area contributed by atoms with Crippen molar-refractivity contribution in [2.24, 2.45) is 0 Å². The van der Waals surface area contributed by atoms with Gasteiger partial charge in [-0.1, -0.05) is 206 Å². The molecule has 64 heavy (non-hydrogen) atoms. The van der Waals surface area contributed by atoms with Gasteiger partial charge in [0.05, 0.1) is 21.9 Å². The van der Waals surface area contributed by atoms with Crippen LogP contribution in [0.1, 0.15) is 44.5 Å². The summed E-state index contributed by atoms with van der Waals surface area (Å²) in [6.07, 6.45) is 0. The molecule has 0 radical (unpaired) electrons. The van der Waals surface area contributed by atoms with E-state index in [1.165, 1.54) is 66.8 Å². The van der Waals surface area contributed by atoms with Crippen molar-refractivity contribution < 1.29 is 4.42 Å². The Morgan fingerprint density at radius 1 is 0.297 bits per heavy atom. The van der Waals surface area contributed by atoms with Crippen molar-refractivity contribution in [1.82, 2.24) is 0 Å². The molecule has 0 N–H and O–H groups in total. The van der Waals surface area contributed by atoms with Crippen LogP contribution in [0.5, 0.6) is 0 Å². The molecule has 0 amide bonds. The average molecular weight is 816 g/mol. The van der Waals surface area contributed by atoms with Crippen LogP contribution in [0.3, 0.4) is 0 Å². The quantitative estimate of drug-likeness (QED) is 0.159. The molecule has 2 aliphatic rings. The lowest BCUT2D eigenvalue weighted by Gasteiger charge is -2.36. The third kappa shape index (κ3) is 5.02. The lowest BCUT2D eigenvalue weighted by Crippen LogP contribution is -2.29. The highest BCUT2D eigenvalue weighted by Gasteiger charge is 2.47. The summed E-state index contributed by atoms with van der Waals surface area (Å²) in [4.78, 5) is 2.47. The minimum absolute atomic E-state index is 0.555. The first-order valence-electron chi connectivity index (χ1n) is 22.2. The van der Waals surface area contributed by atoms with Gasteiger partial charge in [-0.25, -0.2) is 0 Å². The number of anilines is 3. The van der Waals surface area contributed by atoms with E-state index in [1.54, 1.807) is 0 Å². The molecule has 11 aromatic rings. The third-order valence-corrected chi connectivity index (χ3v) is 14.0. The van der Waals surface area contributed by atoms with Crippen LogP contribution in [0.25, 0.3) is 44.2 Å². The first-order valence-corrected chi connectivity index (χ1v) is 22.2. The van der Waals surface area contributed by atoms with Crippen molar-refractivity contribution in [2.45, 2.75) is 10.8 Å². The molecule has 0 spiro atoms. The maximum absolute atomic E-state index is 6.60. The molecular formula is C62H41NO. The average Bonchev–Trinajstić information content (AvgIpc) is 4.01. The number of rotatable bonds is 7. The largest absolute Gasteiger partial charge is 0.456 e. The van der Waals surface area contributed by atoms with Gasteiger partial charge in [-0.3, -0.25) is 0 Å². The second kappa shape index (κ2) is 14.2.